The van der Waals surface area contributed by atoms with Crippen molar-refractivity contribution >= 4 is 23.2 Å². The van der Waals surface area contributed by atoms with Crippen LogP contribution in [0.15, 0.2) is 18.3 Å². The van der Waals surface area contributed by atoms with Gasteiger partial charge in [0.1, 0.15) is 0 Å². The predicted molar refractivity (Wildman–Crippen MR) is 76.8 cm³/mol. The SMILES string of the molecule is COCCNc1ccn2nc(NC(=O)C(C)C)nc2c1. The number of carbonyl (C=O) groups excluding carboxylic acids is 1. The maximum Gasteiger partial charge on any atom is 0.249 e. The Balaban J connectivity index is 2.11. The van der Waals surface area contributed by atoms with E-state index in [9.17, 15) is 4.79 Å². The number of fused-ring (bicyclic) bond motifs is 1. The van der Waals surface area contributed by atoms with Crippen molar-refractivity contribution in [2.24, 2.45) is 5.92 Å². The highest BCUT2D eigenvalue weighted by molar-refractivity contribution is 5.90. The number of nitrogens with zero attached hydrogens (tertiary/aromatic N) is 3. The van der Waals surface area contributed by atoms with Crippen LogP contribution in [0.5, 0.6) is 0 Å². The summed E-state index contributed by atoms with van der Waals surface area (Å²) in [5.41, 5.74) is 1.61. The number of aromatic nitrogens is 3. The first-order chi connectivity index (χ1) is 9.60. The summed E-state index contributed by atoms with van der Waals surface area (Å²) in [5, 5.41) is 10.1. The molecule has 2 N–H and O–H groups in total. The number of pyridine rings is 1. The molecule has 0 fully saturated rings. The number of hydrogen-bond donors (Lipinski definition) is 2. The Morgan fingerprint density at radius 3 is 3.00 bits per heavy atom. The van der Waals surface area contributed by atoms with Crippen molar-refractivity contribution in [2.45, 2.75) is 13.8 Å². The van der Waals surface area contributed by atoms with E-state index in [1.165, 1.54) is 0 Å². The average Bonchev–Trinajstić information content (AvgIpc) is 2.80. The third-order valence-corrected chi connectivity index (χ3v) is 2.73. The molecule has 0 aliphatic heterocycles. The molecule has 0 atom stereocenters. The third kappa shape index (κ3) is 3.45. The van der Waals surface area contributed by atoms with Crippen molar-refractivity contribution in [1.29, 1.82) is 0 Å². The summed E-state index contributed by atoms with van der Waals surface area (Å²) in [5.74, 6) is 0.116. The third-order valence-electron chi connectivity index (χ3n) is 2.73. The average molecular weight is 277 g/mol. The minimum Gasteiger partial charge on any atom is -0.383 e. The Morgan fingerprint density at radius 1 is 1.50 bits per heavy atom. The second-order valence-electron chi connectivity index (χ2n) is 4.72. The Morgan fingerprint density at radius 2 is 2.30 bits per heavy atom. The molecule has 108 valence electrons. The van der Waals surface area contributed by atoms with Crippen molar-refractivity contribution in [3.63, 3.8) is 0 Å². The summed E-state index contributed by atoms with van der Waals surface area (Å²) < 4.78 is 6.60. The number of methoxy groups -OCH3 is 1. The Labute approximate surface area is 117 Å². The van der Waals surface area contributed by atoms with E-state index in [1.807, 2.05) is 26.0 Å². The fourth-order valence-electron chi connectivity index (χ4n) is 1.60. The van der Waals surface area contributed by atoms with Crippen LogP contribution < -0.4 is 10.6 Å². The van der Waals surface area contributed by atoms with Crippen LogP contribution >= 0.6 is 0 Å². The fraction of sp³-hybridized carbons (Fsp3) is 0.462. The minimum absolute atomic E-state index is 0.0978. The molecule has 1 amide bonds. The van der Waals surface area contributed by atoms with Crippen molar-refractivity contribution in [2.75, 3.05) is 30.9 Å². The number of ether oxygens (including phenoxy) is 1. The smallest absolute Gasteiger partial charge is 0.249 e. The summed E-state index contributed by atoms with van der Waals surface area (Å²) in [6, 6.07) is 3.76. The molecule has 0 spiro atoms. The number of rotatable bonds is 6. The number of carbonyl (C=O) groups is 1. The lowest BCUT2D eigenvalue weighted by Gasteiger charge is -2.04. The topological polar surface area (TPSA) is 80.5 Å². The van der Waals surface area contributed by atoms with Crippen LogP contribution in [0.25, 0.3) is 5.65 Å². The molecular formula is C13H19N5O2. The van der Waals surface area contributed by atoms with Crippen LogP contribution in [-0.4, -0.2) is 40.8 Å². The van der Waals surface area contributed by atoms with Crippen molar-refractivity contribution in [1.82, 2.24) is 14.6 Å². The van der Waals surface area contributed by atoms with Crippen LogP contribution in [0.2, 0.25) is 0 Å². The molecule has 7 nitrogen and oxygen atoms in total. The lowest BCUT2D eigenvalue weighted by atomic mass is 10.2. The van der Waals surface area contributed by atoms with Crippen molar-refractivity contribution in [3.05, 3.63) is 18.3 Å². The van der Waals surface area contributed by atoms with Gasteiger partial charge in [-0.1, -0.05) is 13.8 Å². The van der Waals surface area contributed by atoms with Crippen molar-refractivity contribution < 1.29 is 9.53 Å². The van der Waals surface area contributed by atoms with Crippen molar-refractivity contribution in [3.8, 4) is 0 Å². The first-order valence-corrected chi connectivity index (χ1v) is 6.50. The molecule has 7 heteroatoms. The Hall–Kier alpha value is -2.15. The van der Waals surface area contributed by atoms with E-state index < -0.39 is 0 Å². The number of hydrogen-bond acceptors (Lipinski definition) is 5. The molecule has 2 heterocycles. The number of amides is 1. The molecule has 0 bridgehead atoms. The molecule has 0 saturated carbocycles. The molecular weight excluding hydrogens is 258 g/mol. The largest absolute Gasteiger partial charge is 0.383 e. The van der Waals surface area contributed by atoms with Gasteiger partial charge >= 0.3 is 0 Å². The maximum atomic E-state index is 11.6. The number of nitrogens with one attached hydrogen (secondary N) is 2. The zero-order valence-electron chi connectivity index (χ0n) is 11.9. The van der Waals surface area contributed by atoms with Gasteiger partial charge in [0.25, 0.3) is 0 Å². The van der Waals surface area contributed by atoms with Gasteiger partial charge in [-0.05, 0) is 6.07 Å². The lowest BCUT2D eigenvalue weighted by Crippen LogP contribution is -2.18. The molecule has 20 heavy (non-hydrogen) atoms. The van der Waals surface area contributed by atoms with E-state index in [0.29, 0.717) is 18.2 Å². The molecule has 0 radical (unpaired) electrons. The summed E-state index contributed by atoms with van der Waals surface area (Å²) in [6.07, 6.45) is 1.79. The van der Waals surface area contributed by atoms with Gasteiger partial charge in [0.2, 0.25) is 11.9 Å². The normalized spacial score (nSPS) is 11.0. The molecule has 0 saturated heterocycles. The van der Waals surface area contributed by atoms with E-state index >= 15 is 0 Å². The monoisotopic (exact) mass is 277 g/mol. The zero-order chi connectivity index (χ0) is 14.5. The highest BCUT2D eigenvalue weighted by Crippen LogP contribution is 2.12. The Bertz CT molecular complexity index is 593. The quantitative estimate of drug-likeness (QED) is 0.780. The van der Waals surface area contributed by atoms with E-state index in [-0.39, 0.29) is 11.8 Å². The van der Waals surface area contributed by atoms with Crippen LogP contribution in [0, 0.1) is 5.92 Å². The van der Waals surface area contributed by atoms with Gasteiger partial charge in [0, 0.05) is 37.5 Å². The second-order valence-corrected chi connectivity index (χ2v) is 4.72. The molecule has 2 aromatic heterocycles. The summed E-state index contributed by atoms with van der Waals surface area (Å²) >= 11 is 0. The summed E-state index contributed by atoms with van der Waals surface area (Å²) in [6.45, 7) is 5.00. The fourth-order valence-corrected chi connectivity index (χ4v) is 1.60. The van der Waals surface area contributed by atoms with Gasteiger partial charge in [-0.2, -0.15) is 4.98 Å². The second kappa shape index (κ2) is 6.33. The molecule has 0 aromatic carbocycles. The lowest BCUT2D eigenvalue weighted by molar-refractivity contribution is -0.118. The number of anilines is 2. The Kier molecular flexibility index (Phi) is 4.52. The molecule has 0 unspecified atom stereocenters. The maximum absolute atomic E-state index is 11.6. The van der Waals surface area contributed by atoms with E-state index in [0.717, 1.165) is 12.2 Å². The van der Waals surface area contributed by atoms with Crippen LogP contribution in [0.1, 0.15) is 13.8 Å². The van der Waals surface area contributed by atoms with E-state index in [2.05, 4.69) is 20.7 Å². The van der Waals surface area contributed by atoms with E-state index in [1.54, 1.807) is 17.8 Å². The summed E-state index contributed by atoms with van der Waals surface area (Å²) in [7, 11) is 1.66. The summed E-state index contributed by atoms with van der Waals surface area (Å²) in [4.78, 5) is 15.9. The molecule has 2 aromatic rings. The highest BCUT2D eigenvalue weighted by Gasteiger charge is 2.11. The van der Waals surface area contributed by atoms with E-state index in [4.69, 9.17) is 4.74 Å². The van der Waals surface area contributed by atoms with Gasteiger partial charge in [-0.25, -0.2) is 4.52 Å². The van der Waals surface area contributed by atoms with Gasteiger partial charge < -0.3 is 10.1 Å². The highest BCUT2D eigenvalue weighted by atomic mass is 16.5. The minimum atomic E-state index is -0.104. The van der Waals surface area contributed by atoms with Crippen LogP contribution in [0.4, 0.5) is 11.6 Å². The zero-order valence-corrected chi connectivity index (χ0v) is 11.9. The van der Waals surface area contributed by atoms with Gasteiger partial charge in [-0.3, -0.25) is 10.1 Å². The van der Waals surface area contributed by atoms with Gasteiger partial charge in [0.05, 0.1) is 6.61 Å². The first-order valence-electron chi connectivity index (χ1n) is 6.50. The molecule has 0 aliphatic rings. The first kappa shape index (κ1) is 14.3. The predicted octanol–water partition coefficient (Wildman–Crippen LogP) is 1.38. The molecule has 2 rings (SSSR count). The van der Waals surface area contributed by atoms with Gasteiger partial charge in [0.15, 0.2) is 5.65 Å². The standard InChI is InChI=1S/C13H19N5O2/c1-9(2)12(19)16-13-15-11-8-10(14-5-7-20-3)4-6-18(11)17-13/h4,6,8-9,14H,5,7H2,1-3H3,(H,16,17,19). The van der Waals surface area contributed by atoms with Crippen LogP contribution in [-0.2, 0) is 9.53 Å². The van der Waals surface area contributed by atoms with Gasteiger partial charge in [-0.15, -0.1) is 5.10 Å². The van der Waals surface area contributed by atoms with Crippen LogP contribution in [0.3, 0.4) is 0 Å². The molecule has 0 aliphatic carbocycles.